The van der Waals surface area contributed by atoms with E-state index in [9.17, 15) is 14.4 Å². The first-order chi connectivity index (χ1) is 9.52. The van der Waals surface area contributed by atoms with Crippen LogP contribution in [-0.4, -0.2) is 46.4 Å². The van der Waals surface area contributed by atoms with Gasteiger partial charge in [-0.15, -0.1) is 0 Å². The van der Waals surface area contributed by atoms with Gasteiger partial charge in [-0.25, -0.2) is 9.78 Å². The van der Waals surface area contributed by atoms with Crippen molar-refractivity contribution < 1.29 is 14.4 Å². The maximum atomic E-state index is 12.4. The van der Waals surface area contributed by atoms with Crippen LogP contribution in [-0.2, 0) is 4.79 Å². The summed E-state index contributed by atoms with van der Waals surface area (Å²) >= 11 is 5.89. The number of hydrogen-bond donors (Lipinski definition) is 2. The molecule has 1 aromatic rings. The lowest BCUT2D eigenvalue weighted by molar-refractivity contribution is -0.123. The van der Waals surface area contributed by atoms with Crippen molar-refractivity contribution in [3.05, 3.63) is 29.0 Å². The highest BCUT2D eigenvalue weighted by Gasteiger charge is 2.51. The number of pyridine rings is 1. The average Bonchev–Trinajstić information content (AvgIpc) is 2.95. The first kappa shape index (κ1) is 12.9. The van der Waals surface area contributed by atoms with E-state index in [0.717, 1.165) is 0 Å². The molecule has 4 amide bonds. The Morgan fingerprint density at radius 2 is 2.25 bits per heavy atom. The minimum absolute atomic E-state index is 0.123. The van der Waals surface area contributed by atoms with Crippen LogP contribution in [0.15, 0.2) is 18.3 Å². The van der Waals surface area contributed by atoms with Crippen LogP contribution in [0.2, 0.25) is 5.15 Å². The third kappa shape index (κ3) is 1.90. The van der Waals surface area contributed by atoms with Crippen LogP contribution in [0, 0.1) is 0 Å². The third-order valence-electron chi connectivity index (χ3n) is 3.56. The number of imide groups is 1. The van der Waals surface area contributed by atoms with Crippen molar-refractivity contribution >= 4 is 29.4 Å². The summed E-state index contributed by atoms with van der Waals surface area (Å²) in [5, 5.41) is 4.91. The normalized spacial score (nSPS) is 24.9. The summed E-state index contributed by atoms with van der Waals surface area (Å²) in [6.07, 6.45) is 1.88. The van der Waals surface area contributed by atoms with E-state index >= 15 is 0 Å². The third-order valence-corrected chi connectivity index (χ3v) is 3.86. The van der Waals surface area contributed by atoms with E-state index in [0.29, 0.717) is 13.0 Å². The fourth-order valence-electron chi connectivity index (χ4n) is 2.51. The lowest BCUT2D eigenvalue weighted by Crippen LogP contribution is -2.49. The molecule has 0 radical (unpaired) electrons. The highest BCUT2D eigenvalue weighted by molar-refractivity contribution is 6.32. The topological polar surface area (TPSA) is 91.4 Å². The molecule has 7 nitrogen and oxygen atoms in total. The van der Waals surface area contributed by atoms with Gasteiger partial charge >= 0.3 is 6.03 Å². The van der Waals surface area contributed by atoms with Gasteiger partial charge in [0.2, 0.25) is 0 Å². The molecule has 3 heterocycles. The highest BCUT2D eigenvalue weighted by atomic mass is 35.5. The number of nitrogens with one attached hydrogen (secondary N) is 2. The van der Waals surface area contributed by atoms with E-state index in [2.05, 4.69) is 15.6 Å². The molecule has 0 bridgehead atoms. The molecule has 2 saturated heterocycles. The lowest BCUT2D eigenvalue weighted by atomic mass is 9.99. The van der Waals surface area contributed by atoms with Gasteiger partial charge in [0.05, 0.1) is 12.1 Å². The van der Waals surface area contributed by atoms with E-state index in [1.165, 1.54) is 11.1 Å². The zero-order valence-corrected chi connectivity index (χ0v) is 11.1. The summed E-state index contributed by atoms with van der Waals surface area (Å²) in [4.78, 5) is 40.8. The fraction of sp³-hybridized carbons (Fsp3) is 0.333. The summed E-state index contributed by atoms with van der Waals surface area (Å²) in [7, 11) is 0. The Morgan fingerprint density at radius 3 is 2.90 bits per heavy atom. The number of carbonyl (C=O) groups is 3. The standard InChI is InChI=1S/C12H11ClN4O3/c13-8-7(2-1-4-14-8)9(18)17-5-3-12(6-17)10(19)15-11(20)16-12/h1-2,4H,3,5-6H2,(H2,15,16,19,20). The minimum Gasteiger partial charge on any atom is -0.336 e. The van der Waals surface area contributed by atoms with Crippen molar-refractivity contribution in [1.29, 1.82) is 0 Å². The zero-order valence-electron chi connectivity index (χ0n) is 10.4. The second-order valence-electron chi connectivity index (χ2n) is 4.81. The van der Waals surface area contributed by atoms with Gasteiger partial charge in [0.25, 0.3) is 11.8 Å². The average molecular weight is 295 g/mol. The molecular weight excluding hydrogens is 284 g/mol. The number of nitrogens with zero attached hydrogens (tertiary/aromatic N) is 2. The largest absolute Gasteiger partial charge is 0.336 e. The van der Waals surface area contributed by atoms with Gasteiger partial charge in [0.15, 0.2) is 0 Å². The quantitative estimate of drug-likeness (QED) is 0.570. The number of amides is 4. The van der Waals surface area contributed by atoms with Crippen molar-refractivity contribution in [2.45, 2.75) is 12.0 Å². The van der Waals surface area contributed by atoms with Crippen LogP contribution in [0.5, 0.6) is 0 Å². The Balaban J connectivity index is 1.81. The molecule has 1 atom stereocenters. The Bertz CT molecular complexity index is 620. The molecule has 0 aliphatic carbocycles. The van der Waals surface area contributed by atoms with Crippen LogP contribution < -0.4 is 10.6 Å². The van der Waals surface area contributed by atoms with E-state index < -0.39 is 17.5 Å². The smallest absolute Gasteiger partial charge is 0.322 e. The Labute approximate surface area is 119 Å². The second kappa shape index (κ2) is 4.45. The molecule has 1 spiro atoms. The van der Waals surface area contributed by atoms with Crippen molar-refractivity contribution in [2.24, 2.45) is 0 Å². The SMILES string of the molecule is O=C1NC(=O)C2(CCN(C(=O)c3cccnc3Cl)C2)N1. The molecule has 20 heavy (non-hydrogen) atoms. The molecule has 0 aromatic carbocycles. The molecule has 2 aliphatic heterocycles. The number of carbonyl (C=O) groups excluding carboxylic acids is 3. The van der Waals surface area contributed by atoms with Crippen molar-refractivity contribution in [3.8, 4) is 0 Å². The minimum atomic E-state index is -1.01. The van der Waals surface area contributed by atoms with E-state index in [-0.39, 0.29) is 23.2 Å². The number of urea groups is 1. The summed E-state index contributed by atoms with van der Waals surface area (Å²) < 4.78 is 0. The Morgan fingerprint density at radius 1 is 1.45 bits per heavy atom. The fourth-order valence-corrected chi connectivity index (χ4v) is 2.71. The van der Waals surface area contributed by atoms with Crippen molar-refractivity contribution in [1.82, 2.24) is 20.5 Å². The van der Waals surface area contributed by atoms with Gasteiger partial charge in [-0.1, -0.05) is 11.6 Å². The van der Waals surface area contributed by atoms with Crippen LogP contribution in [0.25, 0.3) is 0 Å². The van der Waals surface area contributed by atoms with Crippen molar-refractivity contribution in [3.63, 3.8) is 0 Å². The van der Waals surface area contributed by atoms with Gasteiger partial charge in [-0.3, -0.25) is 14.9 Å². The highest BCUT2D eigenvalue weighted by Crippen LogP contribution is 2.26. The molecule has 0 saturated carbocycles. The van der Waals surface area contributed by atoms with Crippen LogP contribution in [0.3, 0.4) is 0 Å². The van der Waals surface area contributed by atoms with E-state index in [1.54, 1.807) is 12.1 Å². The van der Waals surface area contributed by atoms with E-state index in [1.807, 2.05) is 0 Å². The number of rotatable bonds is 1. The van der Waals surface area contributed by atoms with Crippen LogP contribution >= 0.6 is 11.6 Å². The molecule has 1 aromatic heterocycles. The summed E-state index contributed by atoms with van der Waals surface area (Å²) in [6, 6.07) is 2.68. The molecule has 104 valence electrons. The molecule has 3 rings (SSSR count). The predicted molar refractivity (Wildman–Crippen MR) is 69.2 cm³/mol. The number of hydrogen-bond acceptors (Lipinski definition) is 4. The number of aromatic nitrogens is 1. The van der Waals surface area contributed by atoms with Crippen LogP contribution in [0.4, 0.5) is 4.79 Å². The summed E-state index contributed by atoms with van der Waals surface area (Å²) in [6.45, 7) is 0.506. The van der Waals surface area contributed by atoms with Gasteiger partial charge in [0.1, 0.15) is 10.7 Å². The van der Waals surface area contributed by atoms with Gasteiger partial charge in [-0.05, 0) is 18.6 Å². The molecule has 1 unspecified atom stereocenters. The Kier molecular flexibility index (Phi) is 2.86. The van der Waals surface area contributed by atoms with Gasteiger partial charge < -0.3 is 10.2 Å². The molecular formula is C12H11ClN4O3. The first-order valence-electron chi connectivity index (χ1n) is 6.05. The number of halogens is 1. The van der Waals surface area contributed by atoms with Gasteiger partial charge in [-0.2, -0.15) is 0 Å². The number of likely N-dealkylation sites (tertiary alicyclic amines) is 1. The Hall–Kier alpha value is -2.15. The maximum absolute atomic E-state index is 12.4. The predicted octanol–water partition coefficient (Wildman–Crippen LogP) is 0.159. The summed E-state index contributed by atoms with van der Waals surface area (Å²) in [5.74, 6) is -0.691. The second-order valence-corrected chi connectivity index (χ2v) is 5.17. The molecule has 2 fully saturated rings. The summed E-state index contributed by atoms with van der Waals surface area (Å²) in [5.41, 5.74) is -0.725. The first-order valence-corrected chi connectivity index (χ1v) is 6.43. The molecule has 2 aliphatic rings. The molecule has 8 heteroatoms. The molecule has 2 N–H and O–H groups in total. The lowest BCUT2D eigenvalue weighted by Gasteiger charge is -2.21. The van der Waals surface area contributed by atoms with Crippen LogP contribution in [0.1, 0.15) is 16.8 Å². The maximum Gasteiger partial charge on any atom is 0.322 e. The monoisotopic (exact) mass is 294 g/mol. The van der Waals surface area contributed by atoms with Gasteiger partial charge in [0, 0.05) is 12.7 Å². The van der Waals surface area contributed by atoms with Crippen molar-refractivity contribution in [2.75, 3.05) is 13.1 Å². The van der Waals surface area contributed by atoms with E-state index in [4.69, 9.17) is 11.6 Å². The zero-order chi connectivity index (χ0) is 14.3.